The van der Waals surface area contributed by atoms with Crippen LogP contribution in [0.2, 0.25) is 0 Å². The van der Waals surface area contributed by atoms with Crippen LogP contribution in [-0.2, 0) is 4.74 Å². The van der Waals surface area contributed by atoms with E-state index in [4.69, 9.17) is 8.83 Å². The van der Waals surface area contributed by atoms with Crippen molar-refractivity contribution >= 4 is 38.9 Å². The minimum absolute atomic E-state index is 0.000556. The van der Waals surface area contributed by atoms with Gasteiger partial charge in [-0.2, -0.15) is 0 Å². The molecule has 0 amide bonds. The lowest BCUT2D eigenvalue weighted by Crippen LogP contribution is -2.05. The van der Waals surface area contributed by atoms with Crippen molar-refractivity contribution in [2.45, 2.75) is 0 Å². The van der Waals surface area contributed by atoms with Gasteiger partial charge in [-0.3, -0.25) is 0 Å². The van der Waals surface area contributed by atoms with Crippen LogP contribution < -0.4 is 5.63 Å². The summed E-state index contributed by atoms with van der Waals surface area (Å²) in [6.07, 6.45) is 0. The lowest BCUT2D eigenvalue weighted by atomic mass is 10.0. The zero-order valence-electron chi connectivity index (χ0n) is 12.3. The number of furan rings is 1. The van der Waals surface area contributed by atoms with Gasteiger partial charge >= 0.3 is 11.6 Å². The zero-order chi connectivity index (χ0) is 17.0. The van der Waals surface area contributed by atoms with Gasteiger partial charge in [0.2, 0.25) is 0 Å². The smallest absolute Gasteiger partial charge is 0.348 e. The highest BCUT2D eigenvalue weighted by Crippen LogP contribution is 2.41. The third-order valence-electron chi connectivity index (χ3n) is 3.86. The average Bonchev–Trinajstić information content (AvgIpc) is 2.95. The molecule has 7 heteroatoms. The number of benzene rings is 2. The van der Waals surface area contributed by atoms with E-state index in [2.05, 4.69) is 4.74 Å². The molecule has 2 N–H and O–H groups in total. The number of esters is 1. The Balaban J connectivity index is 2.34. The van der Waals surface area contributed by atoms with Crippen molar-refractivity contribution in [2.75, 3.05) is 7.11 Å². The number of phenols is 2. The molecule has 0 bridgehead atoms. The maximum absolute atomic E-state index is 12.4. The Bertz CT molecular complexity index is 1200. The summed E-state index contributed by atoms with van der Waals surface area (Å²) in [5.41, 5.74) is -0.495. The van der Waals surface area contributed by atoms with E-state index in [1.54, 1.807) is 24.3 Å². The highest BCUT2D eigenvalue weighted by atomic mass is 16.5. The summed E-state index contributed by atoms with van der Waals surface area (Å²) in [4.78, 5) is 24.5. The van der Waals surface area contributed by atoms with Crippen LogP contribution in [0, 0.1) is 0 Å². The number of fused-ring (bicyclic) bond motifs is 5. The molecule has 0 atom stereocenters. The molecule has 0 fully saturated rings. The van der Waals surface area contributed by atoms with Gasteiger partial charge in [0.1, 0.15) is 22.1 Å². The van der Waals surface area contributed by atoms with Crippen molar-refractivity contribution in [3.63, 3.8) is 0 Å². The molecule has 0 aliphatic carbocycles. The van der Waals surface area contributed by atoms with Crippen LogP contribution in [0.25, 0.3) is 32.9 Å². The first kappa shape index (κ1) is 14.1. The SMILES string of the molecule is COC(=O)c1c(O)c(O)cc2oc3c4ccccc4oc(=O)c3c12. The maximum atomic E-state index is 12.4. The summed E-state index contributed by atoms with van der Waals surface area (Å²) in [6.45, 7) is 0. The average molecular weight is 326 g/mol. The van der Waals surface area contributed by atoms with Crippen LogP contribution in [0.1, 0.15) is 10.4 Å². The second-order valence-corrected chi connectivity index (χ2v) is 5.18. The van der Waals surface area contributed by atoms with E-state index in [9.17, 15) is 19.8 Å². The number of aromatic hydroxyl groups is 2. The first-order chi connectivity index (χ1) is 11.5. The van der Waals surface area contributed by atoms with E-state index >= 15 is 0 Å². The summed E-state index contributed by atoms with van der Waals surface area (Å²) < 4.78 is 15.6. The van der Waals surface area contributed by atoms with Crippen molar-refractivity contribution in [3.05, 3.63) is 46.3 Å². The van der Waals surface area contributed by atoms with Gasteiger partial charge in [-0.15, -0.1) is 0 Å². The van der Waals surface area contributed by atoms with Gasteiger partial charge in [0.25, 0.3) is 0 Å². The van der Waals surface area contributed by atoms with E-state index in [1.165, 1.54) is 0 Å². The molecule has 0 unspecified atom stereocenters. The molecule has 0 aliphatic heterocycles. The van der Waals surface area contributed by atoms with Crippen molar-refractivity contribution in [1.29, 1.82) is 0 Å². The Kier molecular flexibility index (Phi) is 2.80. The van der Waals surface area contributed by atoms with Gasteiger partial charge in [0.05, 0.1) is 17.9 Å². The number of carbonyl (C=O) groups is 1. The van der Waals surface area contributed by atoms with Crippen molar-refractivity contribution < 1.29 is 28.6 Å². The predicted octanol–water partition coefficient (Wildman–Crippen LogP) is 2.89. The highest BCUT2D eigenvalue weighted by Gasteiger charge is 2.27. The van der Waals surface area contributed by atoms with E-state index in [0.717, 1.165) is 13.2 Å². The second-order valence-electron chi connectivity index (χ2n) is 5.18. The summed E-state index contributed by atoms with van der Waals surface area (Å²) in [5.74, 6) is -2.16. The Morgan fingerprint density at radius 2 is 1.83 bits per heavy atom. The molecule has 120 valence electrons. The minimum Gasteiger partial charge on any atom is -0.504 e. The monoisotopic (exact) mass is 326 g/mol. The highest BCUT2D eigenvalue weighted by molar-refractivity contribution is 6.20. The number of hydrogen-bond acceptors (Lipinski definition) is 7. The standard InChI is InChI=1S/C17H10O7/c1-22-16(20)12-11-10(6-8(18)14(12)19)23-15-7-4-2-3-5-9(7)24-17(21)13(11)15/h2-6,18-19H,1H3. The molecule has 0 saturated heterocycles. The molecule has 4 aromatic rings. The number of para-hydroxylation sites is 1. The maximum Gasteiger partial charge on any atom is 0.348 e. The van der Waals surface area contributed by atoms with E-state index in [1.807, 2.05) is 0 Å². The molecule has 0 saturated carbocycles. The molecular formula is C17H10O7. The molecule has 0 aliphatic rings. The Hall–Kier alpha value is -3.48. The second kappa shape index (κ2) is 4.76. The van der Waals surface area contributed by atoms with Gasteiger partial charge in [-0.05, 0) is 12.1 Å². The molecule has 2 heterocycles. The van der Waals surface area contributed by atoms with Gasteiger partial charge in [0, 0.05) is 6.07 Å². The number of phenolic OH excluding ortho intramolecular Hbond substituents is 2. The summed E-state index contributed by atoms with van der Waals surface area (Å²) in [7, 11) is 1.12. The number of carbonyl (C=O) groups excluding carboxylic acids is 1. The normalized spacial score (nSPS) is 11.4. The van der Waals surface area contributed by atoms with Crippen LogP contribution >= 0.6 is 0 Å². The predicted molar refractivity (Wildman–Crippen MR) is 84.4 cm³/mol. The first-order valence-corrected chi connectivity index (χ1v) is 6.94. The van der Waals surface area contributed by atoms with E-state index in [0.29, 0.717) is 11.0 Å². The van der Waals surface area contributed by atoms with Crippen LogP contribution in [0.4, 0.5) is 0 Å². The lowest BCUT2D eigenvalue weighted by molar-refractivity contribution is 0.0599. The first-order valence-electron chi connectivity index (χ1n) is 6.94. The van der Waals surface area contributed by atoms with Gasteiger partial charge in [-0.1, -0.05) is 12.1 Å². The van der Waals surface area contributed by atoms with Gasteiger partial charge in [0.15, 0.2) is 17.1 Å². The third-order valence-corrected chi connectivity index (χ3v) is 3.86. The van der Waals surface area contributed by atoms with Crippen LogP contribution in [0.3, 0.4) is 0 Å². The fourth-order valence-electron chi connectivity index (χ4n) is 2.82. The fraction of sp³-hybridized carbons (Fsp3) is 0.0588. The van der Waals surface area contributed by atoms with Crippen LogP contribution in [-0.4, -0.2) is 23.3 Å². The van der Waals surface area contributed by atoms with Gasteiger partial charge < -0.3 is 23.8 Å². The molecule has 2 aromatic carbocycles. The summed E-state index contributed by atoms with van der Waals surface area (Å²) in [5, 5.41) is 20.4. The van der Waals surface area contributed by atoms with Crippen molar-refractivity contribution in [1.82, 2.24) is 0 Å². The minimum atomic E-state index is -0.913. The Morgan fingerprint density at radius 1 is 1.08 bits per heavy atom. The summed E-state index contributed by atoms with van der Waals surface area (Å²) >= 11 is 0. The molecular weight excluding hydrogens is 316 g/mol. The molecule has 2 aromatic heterocycles. The molecule has 7 nitrogen and oxygen atoms in total. The van der Waals surface area contributed by atoms with E-state index < -0.39 is 23.1 Å². The molecule has 0 spiro atoms. The summed E-state index contributed by atoms with van der Waals surface area (Å²) in [6, 6.07) is 7.88. The Labute approximate surface area is 133 Å². The number of ether oxygens (including phenoxy) is 1. The fourth-order valence-corrected chi connectivity index (χ4v) is 2.82. The lowest BCUT2D eigenvalue weighted by Gasteiger charge is -2.05. The number of rotatable bonds is 1. The van der Waals surface area contributed by atoms with Crippen LogP contribution in [0.5, 0.6) is 11.5 Å². The van der Waals surface area contributed by atoms with Crippen LogP contribution in [0.15, 0.2) is 44.0 Å². The quantitative estimate of drug-likeness (QED) is 0.314. The molecule has 4 rings (SSSR count). The van der Waals surface area contributed by atoms with Crippen molar-refractivity contribution in [3.8, 4) is 11.5 Å². The third kappa shape index (κ3) is 1.72. The molecule has 24 heavy (non-hydrogen) atoms. The zero-order valence-corrected chi connectivity index (χ0v) is 12.3. The topological polar surface area (TPSA) is 110 Å². The van der Waals surface area contributed by atoms with E-state index in [-0.39, 0.29) is 27.5 Å². The Morgan fingerprint density at radius 3 is 2.58 bits per heavy atom. The molecule has 0 radical (unpaired) electrons. The van der Waals surface area contributed by atoms with Crippen molar-refractivity contribution in [2.24, 2.45) is 0 Å². The number of hydrogen-bond donors (Lipinski definition) is 2. The van der Waals surface area contributed by atoms with Gasteiger partial charge in [-0.25, -0.2) is 9.59 Å². The number of methoxy groups -OCH3 is 1. The largest absolute Gasteiger partial charge is 0.504 e.